The maximum Gasteiger partial charge on any atom is 0.333 e. The van der Waals surface area contributed by atoms with Crippen LogP contribution in [0.15, 0.2) is 0 Å². The summed E-state index contributed by atoms with van der Waals surface area (Å²) in [6, 6.07) is 0. The predicted molar refractivity (Wildman–Crippen MR) is 45.8 cm³/mol. The minimum Gasteiger partial charge on any atom is -0.324 e. The van der Waals surface area contributed by atoms with Gasteiger partial charge in [-0.3, -0.25) is 4.57 Å². The van der Waals surface area contributed by atoms with E-state index in [1.54, 1.807) is 34.6 Å². The van der Waals surface area contributed by atoms with Gasteiger partial charge in [0, 0.05) is 0 Å². The van der Waals surface area contributed by atoms with Crippen molar-refractivity contribution in [1.82, 2.24) is 0 Å². The monoisotopic (exact) mass is 180 g/mol. The molecule has 0 fully saturated rings. The third-order valence-corrected chi connectivity index (χ3v) is 3.60. The summed E-state index contributed by atoms with van der Waals surface area (Å²) in [7, 11) is -3.43. The maximum atomic E-state index is 11.4. The highest BCUT2D eigenvalue weighted by Gasteiger charge is 2.36. The molecule has 4 heteroatoms. The lowest BCUT2D eigenvalue weighted by molar-refractivity contribution is 0.191. The van der Waals surface area contributed by atoms with E-state index in [0.29, 0.717) is 0 Å². The molecular weight excluding hydrogens is 163 g/mol. The van der Waals surface area contributed by atoms with E-state index in [2.05, 4.69) is 0 Å². The summed E-state index contributed by atoms with van der Waals surface area (Å²) in [5.41, 5.74) is 0. The van der Waals surface area contributed by atoms with Crippen molar-refractivity contribution in [2.24, 2.45) is 0 Å². The van der Waals surface area contributed by atoms with Crippen LogP contribution in [0, 0.1) is 0 Å². The minimum absolute atomic E-state index is 0.204. The Balaban J connectivity index is 4.36. The van der Waals surface area contributed by atoms with Crippen LogP contribution in [-0.2, 0) is 9.09 Å². The summed E-state index contributed by atoms with van der Waals surface area (Å²) < 4.78 is 16.3. The first-order valence-corrected chi connectivity index (χ1v) is 5.26. The molecule has 11 heavy (non-hydrogen) atoms. The molecule has 68 valence electrons. The van der Waals surface area contributed by atoms with E-state index in [1.165, 1.54) is 0 Å². The Morgan fingerprint density at radius 2 is 1.73 bits per heavy atom. The molecule has 0 heterocycles. The van der Waals surface area contributed by atoms with E-state index in [1.807, 2.05) is 0 Å². The molecule has 1 unspecified atom stereocenters. The lowest BCUT2D eigenvalue weighted by Crippen LogP contribution is -2.18. The van der Waals surface area contributed by atoms with Gasteiger partial charge in [-0.2, -0.15) is 0 Å². The van der Waals surface area contributed by atoms with Gasteiger partial charge in [0.25, 0.3) is 0 Å². The zero-order valence-corrected chi connectivity index (χ0v) is 8.68. The van der Waals surface area contributed by atoms with E-state index in [4.69, 9.17) is 4.52 Å². The Labute approximate surface area is 68.3 Å². The van der Waals surface area contributed by atoms with E-state index in [0.717, 1.165) is 0 Å². The van der Waals surface area contributed by atoms with Gasteiger partial charge in [-0.15, -0.1) is 0 Å². The fraction of sp³-hybridized carbons (Fsp3) is 1.00. The van der Waals surface area contributed by atoms with Crippen molar-refractivity contribution in [2.45, 2.75) is 45.9 Å². The van der Waals surface area contributed by atoms with Crippen LogP contribution in [0.25, 0.3) is 0 Å². The summed E-state index contributed by atoms with van der Waals surface area (Å²) in [5.74, 6) is 0. The highest BCUT2D eigenvalue weighted by Crippen LogP contribution is 2.55. The average Bonchev–Trinajstić information content (AvgIpc) is 1.56. The summed E-state index contributed by atoms with van der Waals surface area (Å²) in [4.78, 5) is 9.35. The third kappa shape index (κ3) is 3.37. The molecule has 0 spiro atoms. The lowest BCUT2D eigenvalue weighted by atomic mass is 10.3. The minimum atomic E-state index is -3.43. The van der Waals surface area contributed by atoms with Crippen LogP contribution in [-0.4, -0.2) is 16.2 Å². The van der Waals surface area contributed by atoms with Crippen molar-refractivity contribution in [1.29, 1.82) is 0 Å². The van der Waals surface area contributed by atoms with E-state index in [9.17, 15) is 9.46 Å². The SMILES string of the molecule is CC(C)OP(=O)(O)C(C)(C)C. The molecule has 0 aromatic carbocycles. The molecule has 1 N–H and O–H groups in total. The van der Waals surface area contributed by atoms with Crippen LogP contribution in [0.2, 0.25) is 0 Å². The lowest BCUT2D eigenvalue weighted by Gasteiger charge is -2.26. The van der Waals surface area contributed by atoms with Crippen LogP contribution in [0.4, 0.5) is 0 Å². The molecule has 0 aliphatic heterocycles. The summed E-state index contributed by atoms with van der Waals surface area (Å²) in [5, 5.41) is -0.683. The van der Waals surface area contributed by atoms with Gasteiger partial charge in [0.05, 0.1) is 11.3 Å². The quantitative estimate of drug-likeness (QED) is 0.663. The largest absolute Gasteiger partial charge is 0.333 e. The molecule has 1 atom stereocenters. The first-order chi connectivity index (χ1) is 4.67. The predicted octanol–water partition coefficient (Wildman–Crippen LogP) is 2.40. The Morgan fingerprint density at radius 1 is 1.36 bits per heavy atom. The zero-order chi connectivity index (χ0) is 9.28. The molecule has 0 rings (SSSR count). The Bertz CT molecular complexity index is 169. The Hall–Kier alpha value is 0.150. The van der Waals surface area contributed by atoms with Crippen molar-refractivity contribution in [2.75, 3.05) is 0 Å². The molecular formula is C7H17O3P. The Morgan fingerprint density at radius 3 is 1.82 bits per heavy atom. The highest BCUT2D eigenvalue weighted by molar-refractivity contribution is 7.54. The molecule has 3 nitrogen and oxygen atoms in total. The average molecular weight is 180 g/mol. The van der Waals surface area contributed by atoms with Gasteiger partial charge in [-0.25, -0.2) is 0 Å². The van der Waals surface area contributed by atoms with Crippen LogP contribution < -0.4 is 0 Å². The fourth-order valence-electron chi connectivity index (χ4n) is 0.444. The van der Waals surface area contributed by atoms with Gasteiger partial charge in [0.1, 0.15) is 0 Å². The van der Waals surface area contributed by atoms with Crippen LogP contribution in [0.1, 0.15) is 34.6 Å². The first kappa shape index (κ1) is 11.2. The van der Waals surface area contributed by atoms with E-state index >= 15 is 0 Å². The van der Waals surface area contributed by atoms with Crippen molar-refractivity contribution < 1.29 is 14.0 Å². The van der Waals surface area contributed by atoms with Crippen molar-refractivity contribution in [3.8, 4) is 0 Å². The van der Waals surface area contributed by atoms with Gasteiger partial charge in [0.2, 0.25) is 0 Å². The molecule has 0 aromatic rings. The normalized spacial score (nSPS) is 18.5. The number of hydrogen-bond acceptors (Lipinski definition) is 2. The zero-order valence-electron chi connectivity index (χ0n) is 7.79. The third-order valence-electron chi connectivity index (χ3n) is 1.20. The van der Waals surface area contributed by atoms with Gasteiger partial charge < -0.3 is 9.42 Å². The molecule has 0 aliphatic carbocycles. The molecule has 0 radical (unpaired) electrons. The standard InChI is InChI=1S/C7H17O3P/c1-6(2)10-11(8,9)7(3,4)5/h6H,1-5H3,(H,8,9). The van der Waals surface area contributed by atoms with Gasteiger partial charge in [-0.05, 0) is 34.6 Å². The maximum absolute atomic E-state index is 11.4. The second-order valence-electron chi connectivity index (χ2n) is 3.85. The molecule has 0 aliphatic rings. The molecule has 0 saturated carbocycles. The van der Waals surface area contributed by atoms with Crippen LogP contribution in [0.5, 0.6) is 0 Å². The smallest absolute Gasteiger partial charge is 0.324 e. The van der Waals surface area contributed by atoms with Crippen LogP contribution in [0.3, 0.4) is 0 Å². The van der Waals surface area contributed by atoms with E-state index in [-0.39, 0.29) is 6.10 Å². The summed E-state index contributed by atoms with van der Waals surface area (Å²) in [6.45, 7) is 8.56. The first-order valence-electron chi connectivity index (χ1n) is 3.68. The molecule has 0 saturated heterocycles. The van der Waals surface area contributed by atoms with Crippen LogP contribution >= 0.6 is 7.60 Å². The highest BCUT2D eigenvalue weighted by atomic mass is 31.2. The topological polar surface area (TPSA) is 46.5 Å². The van der Waals surface area contributed by atoms with Gasteiger partial charge in [-0.1, -0.05) is 0 Å². The second-order valence-corrected chi connectivity index (χ2v) is 6.44. The Kier molecular flexibility index (Phi) is 3.30. The molecule has 0 aromatic heterocycles. The summed E-state index contributed by atoms with van der Waals surface area (Å²) in [6.07, 6.45) is -0.204. The molecule has 0 bridgehead atoms. The van der Waals surface area contributed by atoms with Gasteiger partial charge >= 0.3 is 7.60 Å². The second kappa shape index (κ2) is 3.26. The van der Waals surface area contributed by atoms with Crippen molar-refractivity contribution >= 4 is 7.60 Å². The van der Waals surface area contributed by atoms with Crippen molar-refractivity contribution in [3.63, 3.8) is 0 Å². The number of hydrogen-bond donors (Lipinski definition) is 1. The van der Waals surface area contributed by atoms with Gasteiger partial charge in [0.15, 0.2) is 0 Å². The van der Waals surface area contributed by atoms with E-state index < -0.39 is 12.8 Å². The molecule has 0 amide bonds. The summed E-state index contributed by atoms with van der Waals surface area (Å²) >= 11 is 0. The number of rotatable bonds is 2. The van der Waals surface area contributed by atoms with Crippen molar-refractivity contribution in [3.05, 3.63) is 0 Å². The fourth-order valence-corrected chi connectivity index (χ4v) is 1.33.